The summed E-state index contributed by atoms with van der Waals surface area (Å²) in [5, 5.41) is 0.728. The second kappa shape index (κ2) is 4.70. The fraction of sp³-hybridized carbons (Fsp3) is 0.429. The summed E-state index contributed by atoms with van der Waals surface area (Å²) in [6.07, 6.45) is 2.09. The molecule has 0 saturated carbocycles. The van der Waals surface area contributed by atoms with Crippen LogP contribution in [0.25, 0.3) is 10.9 Å². The molecule has 0 bridgehead atoms. The molecule has 1 heterocycles. The average molecular weight is 230 g/mol. The highest BCUT2D eigenvalue weighted by atomic mass is 16.1. The third-order valence-corrected chi connectivity index (χ3v) is 3.11. The number of benzene rings is 1. The Morgan fingerprint density at radius 2 is 2.06 bits per heavy atom. The lowest BCUT2D eigenvalue weighted by atomic mass is 10.1. The van der Waals surface area contributed by atoms with Gasteiger partial charge in [0.25, 0.3) is 5.56 Å². The largest absolute Gasteiger partial charge is 0.296 e. The second-order valence-corrected chi connectivity index (χ2v) is 4.44. The number of aromatic nitrogens is 2. The Morgan fingerprint density at radius 3 is 2.76 bits per heavy atom. The van der Waals surface area contributed by atoms with Gasteiger partial charge in [0.2, 0.25) is 0 Å². The Labute approximate surface area is 101 Å². The van der Waals surface area contributed by atoms with Crippen molar-refractivity contribution < 1.29 is 0 Å². The Hall–Kier alpha value is -1.64. The molecule has 2 rings (SSSR count). The molecule has 0 aliphatic heterocycles. The molecule has 90 valence electrons. The predicted molar refractivity (Wildman–Crippen MR) is 70.4 cm³/mol. The third-order valence-electron chi connectivity index (χ3n) is 3.11. The molecule has 2 aromatic rings. The first-order chi connectivity index (χ1) is 8.15. The van der Waals surface area contributed by atoms with Gasteiger partial charge in [0.05, 0.1) is 10.9 Å². The molecule has 1 aromatic carbocycles. The van der Waals surface area contributed by atoms with Gasteiger partial charge in [-0.15, -0.1) is 0 Å². The predicted octanol–water partition coefficient (Wildman–Crippen LogP) is 2.81. The SMILES string of the molecule is CCCCn1c(C)nc2c(C)cccc2c1=O. The van der Waals surface area contributed by atoms with Crippen molar-refractivity contribution in [2.75, 3.05) is 0 Å². The molecule has 17 heavy (non-hydrogen) atoms. The summed E-state index contributed by atoms with van der Waals surface area (Å²) in [5.41, 5.74) is 1.98. The number of aryl methyl sites for hydroxylation is 2. The van der Waals surface area contributed by atoms with Crippen LogP contribution in [0.3, 0.4) is 0 Å². The topological polar surface area (TPSA) is 34.9 Å². The molecule has 0 fully saturated rings. The van der Waals surface area contributed by atoms with E-state index in [4.69, 9.17) is 0 Å². The summed E-state index contributed by atoms with van der Waals surface area (Å²) in [6.45, 7) is 6.78. The normalized spacial score (nSPS) is 11.0. The van der Waals surface area contributed by atoms with Gasteiger partial charge in [-0.25, -0.2) is 4.98 Å². The summed E-state index contributed by atoms with van der Waals surface area (Å²) in [6, 6.07) is 5.77. The molecular weight excluding hydrogens is 212 g/mol. The van der Waals surface area contributed by atoms with E-state index in [0.29, 0.717) is 0 Å². The van der Waals surface area contributed by atoms with Crippen molar-refractivity contribution in [2.24, 2.45) is 0 Å². The monoisotopic (exact) mass is 230 g/mol. The zero-order chi connectivity index (χ0) is 12.4. The van der Waals surface area contributed by atoms with E-state index in [2.05, 4.69) is 11.9 Å². The number of unbranched alkanes of at least 4 members (excludes halogenated alkanes) is 1. The molecule has 0 N–H and O–H groups in total. The number of rotatable bonds is 3. The van der Waals surface area contributed by atoms with E-state index >= 15 is 0 Å². The minimum Gasteiger partial charge on any atom is -0.296 e. The highest BCUT2D eigenvalue weighted by Crippen LogP contribution is 2.13. The van der Waals surface area contributed by atoms with Crippen molar-refractivity contribution in [3.8, 4) is 0 Å². The van der Waals surface area contributed by atoms with E-state index in [0.717, 1.165) is 41.7 Å². The van der Waals surface area contributed by atoms with E-state index in [9.17, 15) is 4.79 Å². The highest BCUT2D eigenvalue weighted by molar-refractivity contribution is 5.80. The van der Waals surface area contributed by atoms with E-state index in [1.807, 2.05) is 32.0 Å². The van der Waals surface area contributed by atoms with Gasteiger partial charge in [-0.1, -0.05) is 25.5 Å². The van der Waals surface area contributed by atoms with Crippen molar-refractivity contribution in [1.29, 1.82) is 0 Å². The Morgan fingerprint density at radius 1 is 1.29 bits per heavy atom. The van der Waals surface area contributed by atoms with Crippen LogP contribution in [-0.2, 0) is 6.54 Å². The zero-order valence-electron chi connectivity index (χ0n) is 10.7. The first-order valence-electron chi connectivity index (χ1n) is 6.12. The van der Waals surface area contributed by atoms with E-state index in [1.54, 1.807) is 4.57 Å². The molecule has 0 atom stereocenters. The first kappa shape index (κ1) is 11.8. The molecule has 0 saturated heterocycles. The minimum absolute atomic E-state index is 0.0876. The first-order valence-corrected chi connectivity index (χ1v) is 6.12. The summed E-state index contributed by atoms with van der Waals surface area (Å²) in [7, 11) is 0. The number of hydrogen-bond donors (Lipinski definition) is 0. The fourth-order valence-electron chi connectivity index (χ4n) is 2.07. The van der Waals surface area contributed by atoms with Gasteiger partial charge in [-0.2, -0.15) is 0 Å². The summed E-state index contributed by atoms with van der Waals surface area (Å²) < 4.78 is 1.78. The van der Waals surface area contributed by atoms with Gasteiger partial charge in [-0.05, 0) is 31.9 Å². The molecule has 0 radical (unpaired) electrons. The van der Waals surface area contributed by atoms with Crippen LogP contribution in [0.4, 0.5) is 0 Å². The molecule has 0 aliphatic carbocycles. The average Bonchev–Trinajstić information content (AvgIpc) is 2.31. The zero-order valence-corrected chi connectivity index (χ0v) is 10.7. The number of hydrogen-bond acceptors (Lipinski definition) is 2. The van der Waals surface area contributed by atoms with Gasteiger partial charge in [-0.3, -0.25) is 9.36 Å². The lowest BCUT2D eigenvalue weighted by molar-refractivity contribution is 0.591. The molecule has 0 spiro atoms. The van der Waals surface area contributed by atoms with Crippen LogP contribution in [0.5, 0.6) is 0 Å². The van der Waals surface area contributed by atoms with Gasteiger partial charge in [0, 0.05) is 6.54 Å². The molecule has 1 aromatic heterocycles. The third kappa shape index (κ3) is 2.09. The number of fused-ring (bicyclic) bond motifs is 1. The van der Waals surface area contributed by atoms with Crippen LogP contribution in [0.15, 0.2) is 23.0 Å². The summed E-state index contributed by atoms with van der Waals surface area (Å²) in [4.78, 5) is 16.9. The van der Waals surface area contributed by atoms with Crippen molar-refractivity contribution >= 4 is 10.9 Å². The number of nitrogens with zero attached hydrogens (tertiary/aromatic N) is 2. The number of para-hydroxylation sites is 1. The second-order valence-electron chi connectivity index (χ2n) is 4.44. The van der Waals surface area contributed by atoms with Crippen LogP contribution < -0.4 is 5.56 Å². The maximum atomic E-state index is 12.3. The van der Waals surface area contributed by atoms with Gasteiger partial charge < -0.3 is 0 Å². The molecular formula is C14H18N2O. The van der Waals surface area contributed by atoms with Gasteiger partial charge in [0.1, 0.15) is 5.82 Å². The Bertz CT molecular complexity index is 599. The lowest BCUT2D eigenvalue weighted by Crippen LogP contribution is -2.24. The molecule has 3 nitrogen and oxygen atoms in total. The molecule has 0 aliphatic rings. The highest BCUT2D eigenvalue weighted by Gasteiger charge is 2.08. The minimum atomic E-state index is 0.0876. The van der Waals surface area contributed by atoms with Crippen molar-refractivity contribution in [3.05, 3.63) is 39.9 Å². The molecule has 0 unspecified atom stereocenters. The van der Waals surface area contributed by atoms with Crippen LogP contribution in [0.2, 0.25) is 0 Å². The van der Waals surface area contributed by atoms with E-state index in [-0.39, 0.29) is 5.56 Å². The van der Waals surface area contributed by atoms with Crippen LogP contribution in [0.1, 0.15) is 31.2 Å². The quantitative estimate of drug-likeness (QED) is 0.812. The lowest BCUT2D eigenvalue weighted by Gasteiger charge is -2.10. The standard InChI is InChI=1S/C14H18N2O/c1-4-5-9-16-11(3)15-13-10(2)7-6-8-12(13)14(16)17/h6-8H,4-5,9H2,1-3H3. The van der Waals surface area contributed by atoms with Crippen molar-refractivity contribution in [2.45, 2.75) is 40.2 Å². The maximum absolute atomic E-state index is 12.3. The fourth-order valence-corrected chi connectivity index (χ4v) is 2.07. The molecule has 3 heteroatoms. The Balaban J connectivity index is 2.68. The van der Waals surface area contributed by atoms with Crippen LogP contribution in [0, 0.1) is 13.8 Å². The van der Waals surface area contributed by atoms with E-state index < -0.39 is 0 Å². The maximum Gasteiger partial charge on any atom is 0.261 e. The summed E-state index contributed by atoms with van der Waals surface area (Å²) >= 11 is 0. The van der Waals surface area contributed by atoms with Crippen molar-refractivity contribution in [3.63, 3.8) is 0 Å². The van der Waals surface area contributed by atoms with Crippen molar-refractivity contribution in [1.82, 2.24) is 9.55 Å². The van der Waals surface area contributed by atoms with Gasteiger partial charge in [0.15, 0.2) is 0 Å². The molecule has 0 amide bonds. The van der Waals surface area contributed by atoms with Crippen LogP contribution >= 0.6 is 0 Å². The summed E-state index contributed by atoms with van der Waals surface area (Å²) in [5.74, 6) is 0.810. The smallest absolute Gasteiger partial charge is 0.261 e. The van der Waals surface area contributed by atoms with Crippen LogP contribution in [-0.4, -0.2) is 9.55 Å². The van der Waals surface area contributed by atoms with Gasteiger partial charge >= 0.3 is 0 Å². The van der Waals surface area contributed by atoms with E-state index in [1.165, 1.54) is 0 Å². The Kier molecular flexibility index (Phi) is 3.27.